The minimum absolute atomic E-state index is 0.670. The Balaban J connectivity index is 1.93. The summed E-state index contributed by atoms with van der Waals surface area (Å²) in [6.45, 7) is 5.62. The van der Waals surface area contributed by atoms with Crippen LogP contribution in [0, 0.1) is 6.92 Å². The number of nitrogens with zero attached hydrogens (tertiary/aromatic N) is 3. The smallest absolute Gasteiger partial charge is 0.226 e. The topological polar surface area (TPSA) is 62.7 Å². The average molecular weight is 305 g/mol. The van der Waals surface area contributed by atoms with Crippen molar-refractivity contribution < 1.29 is 0 Å². The van der Waals surface area contributed by atoms with E-state index in [2.05, 4.69) is 38.6 Å². The Morgan fingerprint density at radius 2 is 2.15 bits per heavy atom. The van der Waals surface area contributed by atoms with Gasteiger partial charge in [-0.05, 0) is 19.9 Å². The van der Waals surface area contributed by atoms with Crippen LogP contribution in [0.3, 0.4) is 0 Å². The van der Waals surface area contributed by atoms with Crippen molar-refractivity contribution in [2.45, 2.75) is 20.4 Å². The Bertz CT molecular complexity index is 705. The molecule has 0 spiro atoms. The van der Waals surface area contributed by atoms with Gasteiger partial charge in [0.05, 0.1) is 11.9 Å². The monoisotopic (exact) mass is 305 g/mol. The third-order valence-electron chi connectivity index (χ3n) is 2.74. The third kappa shape index (κ3) is 2.73. The highest BCUT2D eigenvalue weighted by Crippen LogP contribution is 2.29. The molecular formula is C13H15N5S2. The normalized spacial score (nSPS) is 10.9. The molecule has 3 rings (SSSR count). The summed E-state index contributed by atoms with van der Waals surface area (Å²) in [4.78, 5) is 15.6. The molecule has 0 unspecified atom stereocenters. The first kappa shape index (κ1) is 13.3. The zero-order valence-electron chi connectivity index (χ0n) is 11.3. The summed E-state index contributed by atoms with van der Waals surface area (Å²) in [5.41, 5.74) is 0. The van der Waals surface area contributed by atoms with Crippen LogP contribution in [0.25, 0.3) is 10.2 Å². The first-order valence-corrected chi connectivity index (χ1v) is 8.10. The van der Waals surface area contributed by atoms with E-state index in [1.807, 2.05) is 18.5 Å². The van der Waals surface area contributed by atoms with Gasteiger partial charge < -0.3 is 10.6 Å². The number of anilines is 2. The number of hydrogen-bond donors (Lipinski definition) is 2. The lowest BCUT2D eigenvalue weighted by Gasteiger charge is -2.08. The summed E-state index contributed by atoms with van der Waals surface area (Å²) in [5, 5.41) is 10.6. The van der Waals surface area contributed by atoms with Gasteiger partial charge >= 0.3 is 0 Å². The van der Waals surface area contributed by atoms with Gasteiger partial charge in [0.25, 0.3) is 0 Å². The fourth-order valence-electron chi connectivity index (χ4n) is 1.91. The predicted molar refractivity (Wildman–Crippen MR) is 85.8 cm³/mol. The lowest BCUT2D eigenvalue weighted by Crippen LogP contribution is -2.06. The van der Waals surface area contributed by atoms with E-state index in [4.69, 9.17) is 0 Å². The van der Waals surface area contributed by atoms with Crippen molar-refractivity contribution in [1.82, 2.24) is 15.0 Å². The minimum atomic E-state index is 0.670. The van der Waals surface area contributed by atoms with Crippen molar-refractivity contribution in [3.8, 4) is 0 Å². The maximum absolute atomic E-state index is 4.55. The quantitative estimate of drug-likeness (QED) is 0.755. The number of thiazole rings is 1. The van der Waals surface area contributed by atoms with E-state index in [-0.39, 0.29) is 0 Å². The van der Waals surface area contributed by atoms with Crippen molar-refractivity contribution in [2.24, 2.45) is 0 Å². The summed E-state index contributed by atoms with van der Waals surface area (Å²) in [5.74, 6) is 1.54. The highest BCUT2D eigenvalue weighted by atomic mass is 32.1. The van der Waals surface area contributed by atoms with Crippen LogP contribution >= 0.6 is 22.7 Å². The van der Waals surface area contributed by atoms with Crippen LogP contribution in [0.4, 0.5) is 11.8 Å². The summed E-state index contributed by atoms with van der Waals surface area (Å²) in [7, 11) is 0. The van der Waals surface area contributed by atoms with E-state index in [0.717, 1.165) is 27.6 Å². The van der Waals surface area contributed by atoms with E-state index < -0.39 is 0 Å². The second-order valence-corrected chi connectivity index (χ2v) is 6.50. The van der Waals surface area contributed by atoms with E-state index >= 15 is 0 Å². The minimum Gasteiger partial charge on any atom is -0.363 e. The van der Waals surface area contributed by atoms with Gasteiger partial charge in [-0.2, -0.15) is 4.98 Å². The lowest BCUT2D eigenvalue weighted by molar-refractivity contribution is 1.06. The van der Waals surface area contributed by atoms with Gasteiger partial charge in [0.1, 0.15) is 15.7 Å². The van der Waals surface area contributed by atoms with Crippen molar-refractivity contribution in [3.63, 3.8) is 0 Å². The highest BCUT2D eigenvalue weighted by molar-refractivity contribution is 7.18. The van der Waals surface area contributed by atoms with Gasteiger partial charge in [-0.25, -0.2) is 9.97 Å². The van der Waals surface area contributed by atoms with Crippen LogP contribution in [0.5, 0.6) is 0 Å². The van der Waals surface area contributed by atoms with Gasteiger partial charge in [0, 0.05) is 23.0 Å². The SMILES string of the molecule is CCNc1nc(NCc2nccs2)c2cc(C)sc2n1. The molecule has 3 heterocycles. The molecule has 3 aromatic heterocycles. The van der Waals surface area contributed by atoms with E-state index in [9.17, 15) is 0 Å². The maximum Gasteiger partial charge on any atom is 0.226 e. The van der Waals surface area contributed by atoms with Crippen molar-refractivity contribution in [3.05, 3.63) is 27.5 Å². The van der Waals surface area contributed by atoms with Gasteiger partial charge in [0.15, 0.2) is 0 Å². The molecule has 7 heteroatoms. The Morgan fingerprint density at radius 3 is 2.90 bits per heavy atom. The molecule has 3 aromatic rings. The molecule has 2 N–H and O–H groups in total. The van der Waals surface area contributed by atoms with Gasteiger partial charge in [-0.15, -0.1) is 22.7 Å². The summed E-state index contributed by atoms with van der Waals surface area (Å²) >= 11 is 3.32. The Morgan fingerprint density at radius 1 is 1.25 bits per heavy atom. The van der Waals surface area contributed by atoms with Gasteiger partial charge in [-0.3, -0.25) is 0 Å². The molecule has 0 aliphatic heterocycles. The van der Waals surface area contributed by atoms with Gasteiger partial charge in [0.2, 0.25) is 5.95 Å². The summed E-state index contributed by atoms with van der Waals surface area (Å²) in [6, 6.07) is 2.12. The number of thiophene rings is 1. The first-order valence-electron chi connectivity index (χ1n) is 6.40. The summed E-state index contributed by atoms with van der Waals surface area (Å²) in [6.07, 6.45) is 1.82. The molecule has 0 aliphatic rings. The molecule has 0 aromatic carbocycles. The van der Waals surface area contributed by atoms with E-state index in [1.165, 1.54) is 4.88 Å². The van der Waals surface area contributed by atoms with E-state index in [0.29, 0.717) is 12.5 Å². The molecule has 0 fully saturated rings. The van der Waals surface area contributed by atoms with Crippen molar-refractivity contribution >= 4 is 44.7 Å². The highest BCUT2D eigenvalue weighted by Gasteiger charge is 2.10. The fraction of sp³-hybridized carbons (Fsp3) is 0.308. The zero-order chi connectivity index (χ0) is 13.9. The van der Waals surface area contributed by atoms with Crippen LogP contribution in [0.15, 0.2) is 17.6 Å². The Kier molecular flexibility index (Phi) is 3.79. The number of aromatic nitrogens is 3. The molecule has 0 saturated heterocycles. The lowest BCUT2D eigenvalue weighted by atomic mass is 10.3. The predicted octanol–water partition coefficient (Wildman–Crippen LogP) is 3.50. The molecule has 0 amide bonds. The molecule has 0 aliphatic carbocycles. The van der Waals surface area contributed by atoms with Crippen LogP contribution in [-0.4, -0.2) is 21.5 Å². The number of aryl methyl sites for hydroxylation is 1. The molecule has 0 saturated carbocycles. The van der Waals surface area contributed by atoms with Crippen LogP contribution in [0.2, 0.25) is 0 Å². The second kappa shape index (κ2) is 5.72. The molecule has 0 atom stereocenters. The molecular weight excluding hydrogens is 290 g/mol. The average Bonchev–Trinajstić information content (AvgIpc) is 3.04. The Hall–Kier alpha value is -1.73. The third-order valence-corrected chi connectivity index (χ3v) is 4.47. The van der Waals surface area contributed by atoms with Gasteiger partial charge in [-0.1, -0.05) is 0 Å². The fourth-order valence-corrected chi connectivity index (χ4v) is 3.35. The molecule has 5 nitrogen and oxygen atoms in total. The van der Waals surface area contributed by atoms with Crippen LogP contribution < -0.4 is 10.6 Å². The number of rotatable bonds is 5. The largest absolute Gasteiger partial charge is 0.363 e. The van der Waals surface area contributed by atoms with Crippen molar-refractivity contribution in [1.29, 1.82) is 0 Å². The summed E-state index contributed by atoms with van der Waals surface area (Å²) < 4.78 is 0. The molecule has 20 heavy (non-hydrogen) atoms. The first-order chi connectivity index (χ1) is 9.76. The molecule has 0 radical (unpaired) electrons. The zero-order valence-corrected chi connectivity index (χ0v) is 12.9. The second-order valence-electron chi connectivity index (χ2n) is 4.28. The standard InChI is InChI=1S/C13H15N5S2/c1-3-14-13-17-11(16-7-10-15-4-5-19-10)9-6-8(2)20-12(9)18-13/h4-6H,3,7H2,1-2H3,(H2,14,16,17,18). The number of nitrogens with one attached hydrogen (secondary N) is 2. The van der Waals surface area contributed by atoms with Crippen LogP contribution in [-0.2, 0) is 6.54 Å². The molecule has 0 bridgehead atoms. The molecule has 104 valence electrons. The Labute approximate surface area is 125 Å². The van der Waals surface area contributed by atoms with Crippen molar-refractivity contribution in [2.75, 3.05) is 17.2 Å². The van der Waals surface area contributed by atoms with E-state index in [1.54, 1.807) is 22.7 Å². The number of hydrogen-bond acceptors (Lipinski definition) is 7. The maximum atomic E-state index is 4.55. The van der Waals surface area contributed by atoms with Crippen LogP contribution in [0.1, 0.15) is 16.8 Å². The number of fused-ring (bicyclic) bond motifs is 1.